The van der Waals surface area contributed by atoms with E-state index in [1.165, 1.54) is 16.9 Å². The number of benzene rings is 1. The van der Waals surface area contributed by atoms with Gasteiger partial charge in [-0.3, -0.25) is 0 Å². The van der Waals surface area contributed by atoms with Crippen molar-refractivity contribution in [1.82, 2.24) is 4.98 Å². The molecule has 0 amide bonds. The molecular weight excluding hydrogens is 262 g/mol. The maximum Gasteiger partial charge on any atom is 0.342 e. The first-order valence-corrected chi connectivity index (χ1v) is 6.97. The number of hydrogen-bond donors (Lipinski definition) is 1. The van der Waals surface area contributed by atoms with E-state index in [1.54, 1.807) is 11.6 Å². The van der Waals surface area contributed by atoms with Gasteiger partial charge in [0.2, 0.25) is 0 Å². The number of aromatic nitrogens is 1. The van der Waals surface area contributed by atoms with Crippen molar-refractivity contribution in [2.24, 2.45) is 0 Å². The molecule has 1 aromatic heterocycles. The minimum absolute atomic E-state index is 0.270. The van der Waals surface area contributed by atoms with Crippen LogP contribution in [0.3, 0.4) is 0 Å². The number of nitrogens with zero attached hydrogens (tertiary/aromatic N) is 1. The minimum atomic E-state index is -1.09. The number of rotatable bonds is 6. The van der Waals surface area contributed by atoms with Gasteiger partial charge >= 0.3 is 5.97 Å². The first-order chi connectivity index (χ1) is 9.25. The number of carbonyl (C=O) groups is 1. The predicted molar refractivity (Wildman–Crippen MR) is 73.1 cm³/mol. The Morgan fingerprint density at radius 3 is 2.84 bits per heavy atom. The van der Waals surface area contributed by atoms with Crippen molar-refractivity contribution in [3.63, 3.8) is 0 Å². The lowest BCUT2D eigenvalue weighted by Crippen LogP contribution is -2.25. The molecule has 100 valence electrons. The summed E-state index contributed by atoms with van der Waals surface area (Å²) in [6.07, 6.45) is 2.42. The molecule has 5 heteroatoms. The van der Waals surface area contributed by atoms with Crippen molar-refractivity contribution in [2.45, 2.75) is 25.4 Å². The van der Waals surface area contributed by atoms with Gasteiger partial charge in [-0.2, -0.15) is 0 Å². The zero-order valence-corrected chi connectivity index (χ0v) is 11.2. The number of esters is 1. The van der Waals surface area contributed by atoms with Crippen molar-refractivity contribution in [2.75, 3.05) is 0 Å². The van der Waals surface area contributed by atoms with Crippen molar-refractivity contribution in [3.05, 3.63) is 47.5 Å². The highest BCUT2D eigenvalue weighted by atomic mass is 32.1. The Labute approximate surface area is 115 Å². The van der Waals surface area contributed by atoms with E-state index >= 15 is 0 Å². The van der Waals surface area contributed by atoms with Crippen LogP contribution >= 0.6 is 11.3 Å². The highest BCUT2D eigenvalue weighted by Crippen LogP contribution is 2.15. The summed E-state index contributed by atoms with van der Waals surface area (Å²) >= 11 is 1.22. The Morgan fingerprint density at radius 2 is 2.16 bits per heavy atom. The lowest BCUT2D eigenvalue weighted by atomic mass is 10.1. The minimum Gasteiger partial charge on any atom is -0.396 e. The molecule has 2 aromatic rings. The summed E-state index contributed by atoms with van der Waals surface area (Å²) in [5, 5.41) is 11.7. The van der Waals surface area contributed by atoms with E-state index in [1.807, 2.05) is 30.3 Å². The van der Waals surface area contributed by atoms with Gasteiger partial charge in [-0.05, 0) is 24.8 Å². The Hall–Kier alpha value is -1.72. The second-order valence-electron chi connectivity index (χ2n) is 4.11. The number of aliphatic hydroxyl groups is 1. The van der Waals surface area contributed by atoms with Crippen LogP contribution in [0.4, 0.5) is 0 Å². The molecule has 0 bridgehead atoms. The van der Waals surface area contributed by atoms with Crippen molar-refractivity contribution in [3.8, 4) is 5.19 Å². The van der Waals surface area contributed by atoms with Gasteiger partial charge in [0.1, 0.15) is 0 Å². The molecule has 0 saturated carbocycles. The van der Waals surface area contributed by atoms with Gasteiger partial charge in [0.15, 0.2) is 6.10 Å². The first-order valence-electron chi connectivity index (χ1n) is 6.09. The van der Waals surface area contributed by atoms with Gasteiger partial charge < -0.3 is 9.84 Å². The summed E-state index contributed by atoms with van der Waals surface area (Å²) in [4.78, 5) is 15.4. The second kappa shape index (κ2) is 7.01. The Kier molecular flexibility index (Phi) is 5.06. The van der Waals surface area contributed by atoms with Gasteiger partial charge in [-0.1, -0.05) is 41.7 Å². The first kappa shape index (κ1) is 13.7. The third kappa shape index (κ3) is 4.46. The van der Waals surface area contributed by atoms with E-state index in [9.17, 15) is 9.90 Å². The van der Waals surface area contributed by atoms with Crippen LogP contribution in [0.5, 0.6) is 5.19 Å². The quantitative estimate of drug-likeness (QED) is 0.824. The summed E-state index contributed by atoms with van der Waals surface area (Å²) < 4.78 is 4.94. The van der Waals surface area contributed by atoms with Crippen LogP contribution in [0.1, 0.15) is 18.4 Å². The standard InChI is InChI=1S/C14H15NO3S/c16-12(13(17)18-14-15-9-10-19-14)8-4-7-11-5-2-1-3-6-11/h1-3,5-6,9-10,12,16H,4,7-8H2. The molecule has 4 nitrogen and oxygen atoms in total. The van der Waals surface area contributed by atoms with Gasteiger partial charge in [-0.25, -0.2) is 9.78 Å². The van der Waals surface area contributed by atoms with E-state index in [-0.39, 0.29) is 5.19 Å². The third-order valence-corrected chi connectivity index (χ3v) is 3.30. The van der Waals surface area contributed by atoms with Gasteiger partial charge in [0.05, 0.1) is 0 Å². The summed E-state index contributed by atoms with van der Waals surface area (Å²) in [5.74, 6) is -0.636. The maximum absolute atomic E-state index is 11.5. The number of carbonyl (C=O) groups excluding carboxylic acids is 1. The lowest BCUT2D eigenvalue weighted by molar-refractivity contribution is -0.144. The molecule has 2 rings (SSSR count). The van der Waals surface area contributed by atoms with E-state index < -0.39 is 12.1 Å². The van der Waals surface area contributed by atoms with E-state index in [2.05, 4.69) is 4.98 Å². The molecule has 1 atom stereocenters. The number of aryl methyl sites for hydroxylation is 1. The van der Waals surface area contributed by atoms with Crippen LogP contribution in [-0.4, -0.2) is 22.2 Å². The Balaban J connectivity index is 1.72. The van der Waals surface area contributed by atoms with E-state index in [0.29, 0.717) is 6.42 Å². The molecular formula is C14H15NO3S. The van der Waals surface area contributed by atoms with Crippen LogP contribution in [0.25, 0.3) is 0 Å². The average Bonchev–Trinajstić information content (AvgIpc) is 2.92. The fraction of sp³-hybridized carbons (Fsp3) is 0.286. The third-order valence-electron chi connectivity index (χ3n) is 2.66. The highest BCUT2D eigenvalue weighted by molar-refractivity contribution is 7.11. The SMILES string of the molecule is O=C(Oc1nccs1)C(O)CCCc1ccccc1. The maximum atomic E-state index is 11.5. The average molecular weight is 277 g/mol. The molecule has 1 heterocycles. The fourth-order valence-corrected chi connectivity index (χ4v) is 2.17. The monoisotopic (exact) mass is 277 g/mol. The highest BCUT2D eigenvalue weighted by Gasteiger charge is 2.17. The van der Waals surface area contributed by atoms with Gasteiger partial charge in [-0.15, -0.1) is 0 Å². The molecule has 1 N–H and O–H groups in total. The lowest BCUT2D eigenvalue weighted by Gasteiger charge is -2.08. The zero-order valence-electron chi connectivity index (χ0n) is 10.4. The molecule has 0 spiro atoms. The molecule has 1 aromatic carbocycles. The summed E-state index contributed by atoms with van der Waals surface area (Å²) in [5.41, 5.74) is 1.20. The van der Waals surface area contributed by atoms with Crippen molar-refractivity contribution >= 4 is 17.3 Å². The predicted octanol–water partition coefficient (Wildman–Crippen LogP) is 2.43. The summed E-state index contributed by atoms with van der Waals surface area (Å²) in [7, 11) is 0. The number of ether oxygens (including phenoxy) is 1. The van der Waals surface area contributed by atoms with Gasteiger partial charge in [0.25, 0.3) is 5.19 Å². The zero-order chi connectivity index (χ0) is 13.5. The molecule has 0 aliphatic rings. The molecule has 0 aliphatic carbocycles. The second-order valence-corrected chi connectivity index (χ2v) is 4.97. The number of hydrogen-bond acceptors (Lipinski definition) is 5. The molecule has 0 aliphatic heterocycles. The molecule has 19 heavy (non-hydrogen) atoms. The fourth-order valence-electron chi connectivity index (χ4n) is 1.68. The molecule has 0 radical (unpaired) electrons. The Bertz CT molecular complexity index is 499. The van der Waals surface area contributed by atoms with Crippen LogP contribution in [0.2, 0.25) is 0 Å². The van der Waals surface area contributed by atoms with Gasteiger partial charge in [0, 0.05) is 11.6 Å². The molecule has 0 saturated heterocycles. The smallest absolute Gasteiger partial charge is 0.342 e. The molecule has 0 fully saturated rings. The summed E-state index contributed by atoms with van der Waals surface area (Å²) in [6.45, 7) is 0. The van der Waals surface area contributed by atoms with Crippen molar-refractivity contribution in [1.29, 1.82) is 0 Å². The topological polar surface area (TPSA) is 59.4 Å². The Morgan fingerprint density at radius 1 is 1.37 bits per heavy atom. The van der Waals surface area contributed by atoms with Crippen LogP contribution in [0.15, 0.2) is 41.9 Å². The normalized spacial score (nSPS) is 12.1. The van der Waals surface area contributed by atoms with Crippen LogP contribution < -0.4 is 4.74 Å². The van der Waals surface area contributed by atoms with E-state index in [0.717, 1.165) is 12.8 Å². The molecule has 1 unspecified atom stereocenters. The number of thiazole rings is 1. The largest absolute Gasteiger partial charge is 0.396 e. The van der Waals surface area contributed by atoms with Crippen LogP contribution in [0, 0.1) is 0 Å². The summed E-state index contributed by atoms with van der Waals surface area (Å²) in [6, 6.07) is 9.97. The van der Waals surface area contributed by atoms with Crippen LogP contribution in [-0.2, 0) is 11.2 Å². The van der Waals surface area contributed by atoms with Crippen molar-refractivity contribution < 1.29 is 14.6 Å². The van der Waals surface area contributed by atoms with E-state index in [4.69, 9.17) is 4.74 Å². The number of aliphatic hydroxyl groups excluding tert-OH is 1.